The van der Waals surface area contributed by atoms with Gasteiger partial charge in [-0.05, 0) is 24.3 Å². The van der Waals surface area contributed by atoms with Gasteiger partial charge in [0.25, 0.3) is 0 Å². The number of nitrogens with zero attached hydrogens (tertiary/aromatic N) is 2. The monoisotopic (exact) mass is 402 g/mol. The molecule has 0 aliphatic carbocycles. The van der Waals surface area contributed by atoms with Gasteiger partial charge in [0.2, 0.25) is 0 Å². The van der Waals surface area contributed by atoms with E-state index in [2.05, 4.69) is 9.97 Å². The minimum absolute atomic E-state index is 0. The van der Waals surface area contributed by atoms with Gasteiger partial charge in [-0.1, -0.05) is 48.5 Å². The zero-order valence-corrected chi connectivity index (χ0v) is 15.0. The number of carbonyl (C=O) groups is 2. The van der Waals surface area contributed by atoms with E-state index in [0.29, 0.717) is 11.0 Å². The second-order valence-electron chi connectivity index (χ2n) is 5.39. The summed E-state index contributed by atoms with van der Waals surface area (Å²) in [4.78, 5) is 29.1. The van der Waals surface area contributed by atoms with E-state index in [1.165, 1.54) is 12.1 Å². The maximum atomic E-state index is 10.6. The van der Waals surface area contributed by atoms with Crippen molar-refractivity contribution in [3.8, 4) is 0 Å². The van der Waals surface area contributed by atoms with Crippen molar-refractivity contribution >= 4 is 33.7 Å². The smallest absolute Gasteiger partial charge is 0.354 e. The fraction of sp³-hybridized carbons (Fsp3) is 0. The zero-order chi connectivity index (χ0) is 18.5. The molecule has 7 heteroatoms. The van der Waals surface area contributed by atoms with E-state index in [-0.39, 0.29) is 28.5 Å². The third-order valence-corrected chi connectivity index (χ3v) is 3.64. The minimum atomic E-state index is -0.995. The van der Waals surface area contributed by atoms with Crippen LogP contribution < -0.4 is 0 Å². The number of aromatic nitrogens is 2. The summed E-state index contributed by atoms with van der Waals surface area (Å²) in [5, 5.41) is 19.3. The first kappa shape index (κ1) is 20.0. The van der Waals surface area contributed by atoms with E-state index < -0.39 is 11.9 Å². The van der Waals surface area contributed by atoms with Crippen LogP contribution in [0.3, 0.4) is 0 Å². The van der Waals surface area contributed by atoms with Crippen LogP contribution in [-0.2, 0) is 17.1 Å². The van der Waals surface area contributed by atoms with Crippen molar-refractivity contribution < 1.29 is 36.9 Å². The number of hydrogen-bond acceptors (Lipinski definition) is 4. The molecule has 0 radical (unpaired) electrons. The molecule has 0 aliphatic rings. The second kappa shape index (κ2) is 8.89. The molecule has 2 aromatic heterocycles. The summed E-state index contributed by atoms with van der Waals surface area (Å²) in [6.07, 6.45) is 0. The molecule has 0 aliphatic heterocycles. The SMILES string of the molecule is O=C(O)c1ccc2ccccc2n1.O=C(O)c1ccc2ccccc2n1.[Fe]. The quantitative estimate of drug-likeness (QED) is 0.494. The maximum absolute atomic E-state index is 10.6. The van der Waals surface area contributed by atoms with Gasteiger partial charge in [-0.2, -0.15) is 0 Å². The maximum Gasteiger partial charge on any atom is 0.354 e. The number of rotatable bonds is 2. The molecule has 27 heavy (non-hydrogen) atoms. The van der Waals surface area contributed by atoms with Gasteiger partial charge in [-0.25, -0.2) is 19.6 Å². The summed E-state index contributed by atoms with van der Waals surface area (Å²) in [6.45, 7) is 0. The van der Waals surface area contributed by atoms with E-state index in [0.717, 1.165) is 10.8 Å². The Bertz CT molecular complexity index is 1030. The number of fused-ring (bicyclic) bond motifs is 2. The third-order valence-electron chi connectivity index (χ3n) is 3.64. The molecule has 6 nitrogen and oxygen atoms in total. The van der Waals surface area contributed by atoms with Crippen molar-refractivity contribution in [1.82, 2.24) is 9.97 Å². The first-order chi connectivity index (χ1) is 12.5. The fourth-order valence-electron chi connectivity index (χ4n) is 2.37. The van der Waals surface area contributed by atoms with Gasteiger partial charge in [-0.3, -0.25) is 0 Å². The van der Waals surface area contributed by atoms with E-state index in [1.54, 1.807) is 24.3 Å². The van der Waals surface area contributed by atoms with Crippen molar-refractivity contribution in [2.24, 2.45) is 0 Å². The minimum Gasteiger partial charge on any atom is -0.477 e. The topological polar surface area (TPSA) is 100 Å². The summed E-state index contributed by atoms with van der Waals surface area (Å²) in [7, 11) is 0. The Morgan fingerprint density at radius 1 is 0.593 bits per heavy atom. The van der Waals surface area contributed by atoms with E-state index >= 15 is 0 Å². The molecule has 0 saturated heterocycles. The second-order valence-corrected chi connectivity index (χ2v) is 5.39. The van der Waals surface area contributed by atoms with Crippen molar-refractivity contribution in [2.75, 3.05) is 0 Å². The summed E-state index contributed by atoms with van der Waals surface area (Å²) >= 11 is 0. The number of hydrogen-bond donors (Lipinski definition) is 2. The molecule has 4 aromatic rings. The first-order valence-electron chi connectivity index (χ1n) is 7.73. The average Bonchev–Trinajstić information content (AvgIpc) is 2.67. The standard InChI is InChI=1S/2C10H7NO2.Fe/c2*12-10(13)9-6-5-7-3-1-2-4-8(7)11-9;/h2*1-6H,(H,12,13);. The molecular formula is C20H14FeN2O4. The zero-order valence-electron chi connectivity index (χ0n) is 13.9. The van der Waals surface area contributed by atoms with Crippen molar-refractivity contribution in [2.45, 2.75) is 0 Å². The molecular weight excluding hydrogens is 388 g/mol. The molecule has 2 heterocycles. The number of benzene rings is 2. The largest absolute Gasteiger partial charge is 0.477 e. The third kappa shape index (κ3) is 4.88. The molecule has 0 bridgehead atoms. The van der Waals surface area contributed by atoms with E-state index in [4.69, 9.17) is 10.2 Å². The summed E-state index contributed by atoms with van der Waals surface area (Å²) < 4.78 is 0. The van der Waals surface area contributed by atoms with Crippen LogP contribution in [0.4, 0.5) is 0 Å². The van der Waals surface area contributed by atoms with Crippen LogP contribution in [0, 0.1) is 0 Å². The van der Waals surface area contributed by atoms with Crippen molar-refractivity contribution in [3.63, 3.8) is 0 Å². The molecule has 4 rings (SSSR count). The molecule has 2 aromatic carbocycles. The summed E-state index contributed by atoms with van der Waals surface area (Å²) in [6, 6.07) is 21.4. The Morgan fingerprint density at radius 3 is 1.33 bits per heavy atom. The van der Waals surface area contributed by atoms with Gasteiger partial charge in [0.1, 0.15) is 11.4 Å². The fourth-order valence-corrected chi connectivity index (χ4v) is 2.37. The molecule has 0 spiro atoms. The number of pyridine rings is 2. The summed E-state index contributed by atoms with van der Waals surface area (Å²) in [5.41, 5.74) is 1.59. The number of carboxylic acids is 2. The van der Waals surface area contributed by atoms with Crippen molar-refractivity contribution in [1.29, 1.82) is 0 Å². The molecule has 2 N–H and O–H groups in total. The first-order valence-corrected chi connectivity index (χ1v) is 7.73. The predicted molar refractivity (Wildman–Crippen MR) is 97.4 cm³/mol. The van der Waals surface area contributed by atoms with E-state index in [9.17, 15) is 9.59 Å². The Balaban J connectivity index is 0.000000187. The van der Waals surface area contributed by atoms with Crippen LogP contribution in [0.2, 0.25) is 0 Å². The van der Waals surface area contributed by atoms with Crippen LogP contribution in [-0.4, -0.2) is 32.1 Å². The Kier molecular flexibility index (Phi) is 6.60. The number of aromatic carboxylic acids is 2. The molecule has 0 unspecified atom stereocenters. The van der Waals surface area contributed by atoms with Gasteiger partial charge in [-0.15, -0.1) is 0 Å². The number of para-hydroxylation sites is 2. The van der Waals surface area contributed by atoms with Crippen LogP contribution in [0.25, 0.3) is 21.8 Å². The van der Waals surface area contributed by atoms with Gasteiger partial charge in [0.05, 0.1) is 11.0 Å². The molecule has 0 amide bonds. The van der Waals surface area contributed by atoms with Crippen molar-refractivity contribution in [3.05, 3.63) is 84.2 Å². The summed E-state index contributed by atoms with van der Waals surface area (Å²) in [5.74, 6) is -1.99. The Morgan fingerprint density at radius 2 is 0.963 bits per heavy atom. The normalized spacial score (nSPS) is 9.78. The molecule has 136 valence electrons. The number of carboxylic acid groups (broad SMARTS) is 2. The Hall–Kier alpha value is -3.28. The van der Waals surface area contributed by atoms with E-state index in [1.807, 2.05) is 36.4 Å². The van der Waals surface area contributed by atoms with Gasteiger partial charge >= 0.3 is 11.9 Å². The van der Waals surface area contributed by atoms with Gasteiger partial charge in [0, 0.05) is 27.8 Å². The molecule has 0 fully saturated rings. The van der Waals surface area contributed by atoms with Gasteiger partial charge < -0.3 is 10.2 Å². The average molecular weight is 402 g/mol. The Labute approximate surface area is 165 Å². The van der Waals surface area contributed by atoms with Crippen LogP contribution in [0.5, 0.6) is 0 Å². The van der Waals surface area contributed by atoms with Crippen LogP contribution in [0.1, 0.15) is 21.0 Å². The van der Waals surface area contributed by atoms with Gasteiger partial charge in [0.15, 0.2) is 0 Å². The molecule has 0 saturated carbocycles. The van der Waals surface area contributed by atoms with Crippen LogP contribution >= 0.6 is 0 Å². The molecule has 0 atom stereocenters. The predicted octanol–water partition coefficient (Wildman–Crippen LogP) is 3.86. The van der Waals surface area contributed by atoms with Crippen LogP contribution in [0.15, 0.2) is 72.8 Å².